The molecule has 2 N–H and O–H groups in total. The lowest BCUT2D eigenvalue weighted by Crippen LogP contribution is -2.36. The molecule has 3 unspecified atom stereocenters. The fourth-order valence-corrected chi connectivity index (χ4v) is 6.16. The number of carbonyl (C=O) groups is 3. The first-order valence-electron chi connectivity index (χ1n) is 13.7. The van der Waals surface area contributed by atoms with Gasteiger partial charge in [-0.1, -0.05) is 36.4 Å². The molecule has 1 aliphatic rings. The number of amides is 2. The Kier molecular flexibility index (Phi) is 12.3. The molecule has 0 spiro atoms. The van der Waals surface area contributed by atoms with E-state index in [2.05, 4.69) is 22.8 Å². The molecular weight excluding hydrogens is 526 g/mol. The van der Waals surface area contributed by atoms with Gasteiger partial charge in [0, 0.05) is 37.4 Å². The molecule has 0 radical (unpaired) electrons. The molecule has 3 rings (SSSR count). The number of likely N-dealkylation sites (N-methyl/N-ethyl adjacent to an activating group) is 1. The van der Waals surface area contributed by atoms with Gasteiger partial charge in [0.1, 0.15) is 5.92 Å². The van der Waals surface area contributed by atoms with Crippen LogP contribution in [0.25, 0.3) is 0 Å². The second-order valence-electron chi connectivity index (χ2n) is 9.69. The smallest absolute Gasteiger partial charge is 0.323 e. The van der Waals surface area contributed by atoms with Crippen molar-refractivity contribution in [1.29, 1.82) is 5.26 Å². The highest BCUT2D eigenvalue weighted by Gasteiger charge is 2.41. The first kappa shape index (κ1) is 31.0. The number of hydrogen-bond acceptors (Lipinski definition) is 8. The van der Waals surface area contributed by atoms with Crippen LogP contribution in [0.1, 0.15) is 32.3 Å². The van der Waals surface area contributed by atoms with Crippen LogP contribution in [0.2, 0.25) is 0 Å². The van der Waals surface area contributed by atoms with Gasteiger partial charge < -0.3 is 20.3 Å². The molecule has 214 valence electrons. The molecule has 2 aromatic carbocycles. The molecule has 10 heteroatoms. The molecule has 0 aliphatic carbocycles. The number of ether oxygens (including phenoxy) is 1. The third kappa shape index (κ3) is 9.28. The van der Waals surface area contributed by atoms with Crippen molar-refractivity contribution >= 4 is 40.9 Å². The highest BCUT2D eigenvalue weighted by Crippen LogP contribution is 2.37. The Balaban J connectivity index is 1.45. The van der Waals surface area contributed by atoms with Gasteiger partial charge in [-0.15, -0.1) is 11.8 Å². The van der Waals surface area contributed by atoms with E-state index in [1.807, 2.05) is 67.4 Å². The zero-order valence-electron chi connectivity index (χ0n) is 23.5. The van der Waals surface area contributed by atoms with Crippen LogP contribution in [0.5, 0.6) is 0 Å². The van der Waals surface area contributed by atoms with Gasteiger partial charge in [-0.25, -0.2) is 0 Å². The summed E-state index contributed by atoms with van der Waals surface area (Å²) in [6.45, 7) is 5.99. The average Bonchev–Trinajstić information content (AvgIpc) is 3.24. The summed E-state index contributed by atoms with van der Waals surface area (Å²) in [6, 6.07) is 19.7. The lowest BCUT2D eigenvalue weighted by atomic mass is 10.1. The van der Waals surface area contributed by atoms with E-state index in [9.17, 15) is 19.6 Å². The lowest BCUT2D eigenvalue weighted by Gasteiger charge is -2.23. The SMILES string of the molecule is CCOC(=O)C(C#N)CC1SC(CCNc2cccc(NC(=O)CN(C)CCc3ccccc3)c2)C(=O)N1CC. The van der Waals surface area contributed by atoms with Crippen molar-refractivity contribution in [2.75, 3.05) is 50.5 Å². The molecule has 1 heterocycles. The van der Waals surface area contributed by atoms with Crippen molar-refractivity contribution in [1.82, 2.24) is 9.80 Å². The first-order valence-corrected chi connectivity index (χ1v) is 14.7. The van der Waals surface area contributed by atoms with Crippen molar-refractivity contribution in [2.45, 2.75) is 43.7 Å². The Labute approximate surface area is 241 Å². The summed E-state index contributed by atoms with van der Waals surface area (Å²) < 4.78 is 5.01. The standard InChI is InChI=1S/C30H39N5O4S/c1-4-35-28(18-23(20-31)30(38)39-5-2)40-26(29(35)37)14-16-32-24-12-9-13-25(19-24)33-27(36)21-34(3)17-15-22-10-7-6-8-11-22/h6-13,19,23,26,28,32H,4-5,14-18,21H2,1-3H3,(H,33,36). The predicted octanol–water partition coefficient (Wildman–Crippen LogP) is 3.98. The molecule has 0 aromatic heterocycles. The van der Waals surface area contributed by atoms with E-state index < -0.39 is 11.9 Å². The van der Waals surface area contributed by atoms with E-state index in [0.717, 1.165) is 18.7 Å². The Bertz CT molecular complexity index is 1170. The topological polar surface area (TPSA) is 115 Å². The number of rotatable bonds is 15. The summed E-state index contributed by atoms with van der Waals surface area (Å²) >= 11 is 1.50. The number of nitrogens with one attached hydrogen (secondary N) is 2. The minimum atomic E-state index is -0.891. The van der Waals surface area contributed by atoms with Crippen molar-refractivity contribution in [3.63, 3.8) is 0 Å². The minimum absolute atomic E-state index is 0.0252. The van der Waals surface area contributed by atoms with E-state index in [4.69, 9.17) is 4.74 Å². The second-order valence-corrected chi connectivity index (χ2v) is 11.1. The number of nitrogens with zero attached hydrogens (tertiary/aromatic N) is 3. The Morgan fingerprint density at radius 1 is 1.15 bits per heavy atom. The van der Waals surface area contributed by atoms with Gasteiger partial charge in [-0.2, -0.15) is 5.26 Å². The molecule has 3 atom stereocenters. The van der Waals surface area contributed by atoms with E-state index in [-0.39, 0.29) is 35.5 Å². The number of nitriles is 1. The van der Waals surface area contributed by atoms with Crippen LogP contribution < -0.4 is 10.6 Å². The summed E-state index contributed by atoms with van der Waals surface area (Å²) in [6.07, 6.45) is 1.73. The number of benzene rings is 2. The highest BCUT2D eigenvalue weighted by molar-refractivity contribution is 8.01. The van der Waals surface area contributed by atoms with E-state index in [1.54, 1.807) is 11.8 Å². The molecule has 2 aromatic rings. The van der Waals surface area contributed by atoms with E-state index in [1.165, 1.54) is 17.3 Å². The number of hydrogen-bond donors (Lipinski definition) is 2. The molecule has 1 fully saturated rings. The number of carbonyl (C=O) groups excluding carboxylic acids is 3. The maximum Gasteiger partial charge on any atom is 0.323 e. The summed E-state index contributed by atoms with van der Waals surface area (Å²) in [5.41, 5.74) is 2.80. The van der Waals surface area contributed by atoms with E-state index >= 15 is 0 Å². The van der Waals surface area contributed by atoms with Crippen LogP contribution in [-0.4, -0.2) is 78.0 Å². The normalized spacial score (nSPS) is 17.4. The maximum absolute atomic E-state index is 13.0. The lowest BCUT2D eigenvalue weighted by molar-refractivity contribution is -0.146. The summed E-state index contributed by atoms with van der Waals surface area (Å²) in [5.74, 6) is -1.48. The monoisotopic (exact) mass is 565 g/mol. The van der Waals surface area contributed by atoms with Gasteiger partial charge in [-0.3, -0.25) is 19.3 Å². The van der Waals surface area contributed by atoms with Gasteiger partial charge in [0.2, 0.25) is 11.8 Å². The Morgan fingerprint density at radius 2 is 1.90 bits per heavy atom. The third-order valence-electron chi connectivity index (χ3n) is 6.65. The van der Waals surface area contributed by atoms with Crippen molar-refractivity contribution in [3.05, 3.63) is 60.2 Å². The summed E-state index contributed by atoms with van der Waals surface area (Å²) in [5, 5.41) is 15.2. The molecule has 1 aliphatic heterocycles. The van der Waals surface area contributed by atoms with Gasteiger partial charge in [0.15, 0.2) is 0 Å². The van der Waals surface area contributed by atoms with Gasteiger partial charge in [0.05, 0.1) is 29.8 Å². The largest absolute Gasteiger partial charge is 0.465 e. The number of anilines is 2. The molecule has 0 saturated carbocycles. The third-order valence-corrected chi connectivity index (χ3v) is 8.18. The van der Waals surface area contributed by atoms with Gasteiger partial charge in [0.25, 0.3) is 0 Å². The van der Waals surface area contributed by atoms with Gasteiger partial charge in [-0.05, 0) is 57.5 Å². The molecule has 9 nitrogen and oxygen atoms in total. The average molecular weight is 566 g/mol. The molecule has 1 saturated heterocycles. The van der Waals surface area contributed by atoms with Crippen molar-refractivity contribution in [3.8, 4) is 6.07 Å². The van der Waals surface area contributed by atoms with Crippen LogP contribution in [0.4, 0.5) is 11.4 Å². The number of esters is 1. The quantitative estimate of drug-likeness (QED) is 0.312. The Hall–Kier alpha value is -3.55. The summed E-state index contributed by atoms with van der Waals surface area (Å²) in [7, 11) is 1.93. The van der Waals surface area contributed by atoms with Crippen LogP contribution >= 0.6 is 11.8 Å². The zero-order chi connectivity index (χ0) is 28.9. The van der Waals surface area contributed by atoms with Crippen LogP contribution in [0.15, 0.2) is 54.6 Å². The fourth-order valence-electron chi connectivity index (χ4n) is 4.57. The summed E-state index contributed by atoms with van der Waals surface area (Å²) in [4.78, 5) is 41.4. The first-order chi connectivity index (χ1) is 19.3. The van der Waals surface area contributed by atoms with Gasteiger partial charge >= 0.3 is 5.97 Å². The second kappa shape index (κ2) is 15.9. The molecule has 0 bridgehead atoms. The fraction of sp³-hybridized carbons (Fsp3) is 0.467. The molecular formula is C30H39N5O4S. The van der Waals surface area contributed by atoms with Crippen LogP contribution in [0, 0.1) is 17.2 Å². The molecule has 40 heavy (non-hydrogen) atoms. The minimum Gasteiger partial charge on any atom is -0.465 e. The van der Waals surface area contributed by atoms with Crippen LogP contribution in [0.3, 0.4) is 0 Å². The predicted molar refractivity (Wildman–Crippen MR) is 159 cm³/mol. The van der Waals surface area contributed by atoms with Crippen LogP contribution in [-0.2, 0) is 25.5 Å². The highest BCUT2D eigenvalue weighted by atomic mass is 32.2. The van der Waals surface area contributed by atoms with Crippen molar-refractivity contribution in [2.24, 2.45) is 5.92 Å². The number of thioether (sulfide) groups is 1. The maximum atomic E-state index is 13.0. The zero-order valence-corrected chi connectivity index (χ0v) is 24.3. The molecule has 2 amide bonds. The van der Waals surface area contributed by atoms with Crippen molar-refractivity contribution < 1.29 is 19.1 Å². The Morgan fingerprint density at radius 3 is 2.60 bits per heavy atom. The van der Waals surface area contributed by atoms with E-state index in [0.29, 0.717) is 31.7 Å².